The van der Waals surface area contributed by atoms with Gasteiger partial charge in [-0.2, -0.15) is 0 Å². The summed E-state index contributed by atoms with van der Waals surface area (Å²) in [6.45, 7) is 5.24. The second kappa shape index (κ2) is 6.77. The summed E-state index contributed by atoms with van der Waals surface area (Å²) in [5, 5.41) is 0. The Morgan fingerprint density at radius 3 is 2.70 bits per heavy atom. The van der Waals surface area contributed by atoms with Crippen molar-refractivity contribution in [2.45, 2.75) is 32.7 Å². The molecule has 23 heavy (non-hydrogen) atoms. The summed E-state index contributed by atoms with van der Waals surface area (Å²) in [6, 6.07) is 8.11. The smallest absolute Gasteiger partial charge is 0.274 e. The number of nitrogens with zero attached hydrogens (tertiary/aromatic N) is 3. The van der Waals surface area contributed by atoms with Gasteiger partial charge in [0.25, 0.3) is 5.91 Å². The Kier molecular flexibility index (Phi) is 4.55. The minimum atomic E-state index is -0.0473. The molecular weight excluding hydrogens is 290 g/mol. The van der Waals surface area contributed by atoms with Crippen molar-refractivity contribution in [2.24, 2.45) is 0 Å². The van der Waals surface area contributed by atoms with Gasteiger partial charge < -0.3 is 9.64 Å². The normalized spacial score (nSPS) is 17.3. The molecule has 0 N–H and O–H groups in total. The zero-order valence-electron chi connectivity index (χ0n) is 13.5. The second-order valence-electron chi connectivity index (χ2n) is 5.70. The number of aromatic nitrogens is 2. The molecular formula is C18H21N3O2. The van der Waals surface area contributed by atoms with E-state index < -0.39 is 0 Å². The number of rotatable bonds is 4. The van der Waals surface area contributed by atoms with Gasteiger partial charge in [0.05, 0.1) is 24.5 Å². The van der Waals surface area contributed by atoms with E-state index in [9.17, 15) is 4.79 Å². The van der Waals surface area contributed by atoms with Crippen LogP contribution in [0.15, 0.2) is 36.7 Å². The maximum absolute atomic E-state index is 12.7. The lowest BCUT2D eigenvalue weighted by atomic mass is 10.0. The van der Waals surface area contributed by atoms with Crippen molar-refractivity contribution >= 4 is 5.91 Å². The van der Waals surface area contributed by atoms with Crippen LogP contribution in [0, 0.1) is 6.92 Å². The Balaban J connectivity index is 1.79. The number of carbonyl (C=O) groups is 1. The van der Waals surface area contributed by atoms with E-state index in [2.05, 4.69) is 9.97 Å². The van der Waals surface area contributed by atoms with E-state index in [1.165, 1.54) is 0 Å². The summed E-state index contributed by atoms with van der Waals surface area (Å²) in [6.07, 6.45) is 5.17. The first-order valence-corrected chi connectivity index (χ1v) is 8.01. The molecule has 1 aromatic carbocycles. The van der Waals surface area contributed by atoms with Crippen LogP contribution in [0.1, 0.15) is 47.6 Å². The molecule has 2 aromatic rings. The number of likely N-dealkylation sites (tertiary alicyclic amines) is 1. The summed E-state index contributed by atoms with van der Waals surface area (Å²) in [5.74, 6) is 0.811. The lowest BCUT2D eigenvalue weighted by Crippen LogP contribution is -2.31. The van der Waals surface area contributed by atoms with Crippen molar-refractivity contribution < 1.29 is 9.53 Å². The first-order chi connectivity index (χ1) is 11.2. The maximum Gasteiger partial charge on any atom is 0.274 e. The molecule has 1 fully saturated rings. The monoisotopic (exact) mass is 311 g/mol. The van der Waals surface area contributed by atoms with Gasteiger partial charge >= 0.3 is 0 Å². The molecule has 0 radical (unpaired) electrons. The summed E-state index contributed by atoms with van der Waals surface area (Å²) in [5.41, 5.74) is 2.36. The van der Waals surface area contributed by atoms with Crippen LogP contribution in [0.5, 0.6) is 5.75 Å². The van der Waals surface area contributed by atoms with Gasteiger partial charge in [0.1, 0.15) is 11.4 Å². The fraction of sp³-hybridized carbons (Fsp3) is 0.389. The minimum absolute atomic E-state index is 0.0473. The van der Waals surface area contributed by atoms with Crippen molar-refractivity contribution in [2.75, 3.05) is 13.2 Å². The quantitative estimate of drug-likeness (QED) is 0.870. The highest BCUT2D eigenvalue weighted by Gasteiger charge is 2.31. The number of hydrogen-bond acceptors (Lipinski definition) is 4. The van der Waals surface area contributed by atoms with E-state index in [4.69, 9.17) is 4.74 Å². The first kappa shape index (κ1) is 15.5. The highest BCUT2D eigenvalue weighted by Crippen LogP contribution is 2.33. The highest BCUT2D eigenvalue weighted by molar-refractivity contribution is 5.92. The molecule has 1 aromatic heterocycles. The molecule has 1 saturated heterocycles. The number of ether oxygens (including phenoxy) is 1. The molecule has 2 heterocycles. The number of hydrogen-bond donors (Lipinski definition) is 0. The predicted octanol–water partition coefficient (Wildman–Crippen LogP) is 3.16. The molecule has 1 amide bonds. The van der Waals surface area contributed by atoms with Gasteiger partial charge in [-0.05, 0) is 44.4 Å². The molecule has 5 nitrogen and oxygen atoms in total. The van der Waals surface area contributed by atoms with Gasteiger partial charge in [-0.3, -0.25) is 9.78 Å². The fourth-order valence-corrected chi connectivity index (χ4v) is 2.96. The average molecular weight is 311 g/mol. The highest BCUT2D eigenvalue weighted by atomic mass is 16.5. The van der Waals surface area contributed by atoms with E-state index in [1.54, 1.807) is 12.4 Å². The Morgan fingerprint density at radius 2 is 2.04 bits per heavy atom. The number of amides is 1. The van der Waals surface area contributed by atoms with E-state index in [-0.39, 0.29) is 11.9 Å². The third-order valence-corrected chi connectivity index (χ3v) is 4.09. The van der Waals surface area contributed by atoms with Gasteiger partial charge in [-0.1, -0.05) is 12.1 Å². The zero-order valence-corrected chi connectivity index (χ0v) is 13.5. The molecule has 3 rings (SSSR count). The van der Waals surface area contributed by atoms with Crippen molar-refractivity contribution in [3.05, 3.63) is 53.6 Å². The van der Waals surface area contributed by atoms with Gasteiger partial charge in [0.2, 0.25) is 0 Å². The molecule has 0 bridgehead atoms. The Morgan fingerprint density at radius 1 is 1.26 bits per heavy atom. The molecule has 120 valence electrons. The van der Waals surface area contributed by atoms with Crippen LogP contribution in [-0.4, -0.2) is 33.9 Å². The SMILES string of the molecule is CCOc1ccc(C2CCCN2C(=O)c2cnc(C)cn2)cc1. The van der Waals surface area contributed by atoms with Crippen LogP contribution >= 0.6 is 0 Å². The minimum Gasteiger partial charge on any atom is -0.494 e. The summed E-state index contributed by atoms with van der Waals surface area (Å²) >= 11 is 0. The lowest BCUT2D eigenvalue weighted by molar-refractivity contribution is 0.0729. The van der Waals surface area contributed by atoms with Crippen molar-refractivity contribution in [3.8, 4) is 5.75 Å². The zero-order chi connectivity index (χ0) is 16.2. The average Bonchev–Trinajstić information content (AvgIpc) is 3.05. The number of carbonyl (C=O) groups excluding carboxylic acids is 1. The molecule has 1 aliphatic heterocycles. The molecule has 1 aliphatic rings. The van der Waals surface area contributed by atoms with Gasteiger partial charge in [-0.25, -0.2) is 4.98 Å². The van der Waals surface area contributed by atoms with Crippen LogP contribution in [0.4, 0.5) is 0 Å². The van der Waals surface area contributed by atoms with E-state index in [0.29, 0.717) is 12.3 Å². The van der Waals surface area contributed by atoms with E-state index in [0.717, 1.165) is 36.4 Å². The Bertz CT molecular complexity index is 668. The van der Waals surface area contributed by atoms with Crippen molar-refractivity contribution in [3.63, 3.8) is 0 Å². The largest absolute Gasteiger partial charge is 0.494 e. The van der Waals surface area contributed by atoms with Crippen LogP contribution in [0.2, 0.25) is 0 Å². The van der Waals surface area contributed by atoms with Crippen LogP contribution in [-0.2, 0) is 0 Å². The summed E-state index contributed by atoms with van der Waals surface area (Å²) in [4.78, 5) is 23.0. The lowest BCUT2D eigenvalue weighted by Gasteiger charge is -2.25. The summed E-state index contributed by atoms with van der Waals surface area (Å²) < 4.78 is 5.48. The predicted molar refractivity (Wildman–Crippen MR) is 87.4 cm³/mol. The first-order valence-electron chi connectivity index (χ1n) is 8.01. The molecule has 1 atom stereocenters. The topological polar surface area (TPSA) is 55.3 Å². The third kappa shape index (κ3) is 3.33. The van der Waals surface area contributed by atoms with E-state index >= 15 is 0 Å². The van der Waals surface area contributed by atoms with Crippen LogP contribution < -0.4 is 4.74 Å². The number of aryl methyl sites for hydroxylation is 1. The fourth-order valence-electron chi connectivity index (χ4n) is 2.96. The van der Waals surface area contributed by atoms with E-state index in [1.807, 2.05) is 43.0 Å². The van der Waals surface area contributed by atoms with Gasteiger partial charge in [0.15, 0.2) is 0 Å². The molecule has 5 heteroatoms. The number of benzene rings is 1. The standard InChI is InChI=1S/C18H21N3O2/c1-3-23-15-8-6-14(7-9-15)17-5-4-10-21(17)18(22)16-12-19-13(2)11-20-16/h6-9,11-12,17H,3-5,10H2,1-2H3. The van der Waals surface area contributed by atoms with Gasteiger partial charge in [0, 0.05) is 12.7 Å². The molecule has 0 spiro atoms. The summed E-state index contributed by atoms with van der Waals surface area (Å²) in [7, 11) is 0. The maximum atomic E-state index is 12.7. The van der Waals surface area contributed by atoms with Crippen molar-refractivity contribution in [1.29, 1.82) is 0 Å². The molecule has 0 saturated carbocycles. The van der Waals surface area contributed by atoms with Crippen molar-refractivity contribution in [1.82, 2.24) is 14.9 Å². The van der Waals surface area contributed by atoms with Crippen LogP contribution in [0.3, 0.4) is 0 Å². The van der Waals surface area contributed by atoms with Crippen LogP contribution in [0.25, 0.3) is 0 Å². The third-order valence-electron chi connectivity index (χ3n) is 4.09. The Labute approximate surface area is 136 Å². The molecule has 0 aliphatic carbocycles. The second-order valence-corrected chi connectivity index (χ2v) is 5.70. The Hall–Kier alpha value is -2.43. The molecule has 1 unspecified atom stereocenters. The van der Waals surface area contributed by atoms with Gasteiger partial charge in [-0.15, -0.1) is 0 Å².